The molecule has 1 aromatic carbocycles. The standard InChI is InChI=1S/C14H21N3O/c1-3-5-17(6-4-2)13-9-12-10(7-11(13)15)8-14(18)16-12/h7,9H,3-6,8,15H2,1-2H3,(H,16,18). The van der Waals surface area contributed by atoms with Crippen LogP contribution in [0.25, 0.3) is 0 Å². The van der Waals surface area contributed by atoms with Gasteiger partial charge in [-0.1, -0.05) is 13.8 Å². The minimum Gasteiger partial charge on any atom is -0.397 e. The molecule has 1 aromatic rings. The van der Waals surface area contributed by atoms with E-state index < -0.39 is 0 Å². The molecule has 1 aliphatic rings. The van der Waals surface area contributed by atoms with Gasteiger partial charge in [0, 0.05) is 18.8 Å². The van der Waals surface area contributed by atoms with Crippen molar-refractivity contribution in [3.8, 4) is 0 Å². The number of fused-ring (bicyclic) bond motifs is 1. The van der Waals surface area contributed by atoms with Crippen molar-refractivity contribution in [3.63, 3.8) is 0 Å². The van der Waals surface area contributed by atoms with Crippen molar-refractivity contribution in [2.24, 2.45) is 0 Å². The van der Waals surface area contributed by atoms with Crippen molar-refractivity contribution in [1.29, 1.82) is 0 Å². The highest BCUT2D eigenvalue weighted by Gasteiger charge is 2.20. The fraction of sp³-hybridized carbons (Fsp3) is 0.500. The third-order valence-electron chi connectivity index (χ3n) is 3.21. The van der Waals surface area contributed by atoms with Gasteiger partial charge in [-0.2, -0.15) is 0 Å². The van der Waals surface area contributed by atoms with Gasteiger partial charge in [-0.15, -0.1) is 0 Å². The van der Waals surface area contributed by atoms with E-state index in [0.29, 0.717) is 6.42 Å². The van der Waals surface area contributed by atoms with Gasteiger partial charge in [0.15, 0.2) is 0 Å². The molecular weight excluding hydrogens is 226 g/mol. The predicted octanol–water partition coefficient (Wildman–Crippen LogP) is 2.39. The minimum atomic E-state index is 0.0547. The summed E-state index contributed by atoms with van der Waals surface area (Å²) in [5.74, 6) is 0.0547. The molecule has 0 saturated carbocycles. The summed E-state index contributed by atoms with van der Waals surface area (Å²) in [6.07, 6.45) is 2.62. The van der Waals surface area contributed by atoms with E-state index in [2.05, 4.69) is 24.1 Å². The van der Waals surface area contributed by atoms with Crippen LogP contribution in [0.3, 0.4) is 0 Å². The topological polar surface area (TPSA) is 58.4 Å². The summed E-state index contributed by atoms with van der Waals surface area (Å²) in [6.45, 7) is 6.30. The lowest BCUT2D eigenvalue weighted by Gasteiger charge is -2.26. The monoisotopic (exact) mass is 247 g/mol. The third kappa shape index (κ3) is 2.42. The van der Waals surface area contributed by atoms with E-state index in [1.807, 2.05) is 12.1 Å². The summed E-state index contributed by atoms with van der Waals surface area (Å²) in [5, 5.41) is 2.88. The molecule has 98 valence electrons. The maximum absolute atomic E-state index is 11.4. The first-order chi connectivity index (χ1) is 8.65. The number of nitrogens with one attached hydrogen (secondary N) is 1. The Morgan fingerprint density at radius 2 is 1.94 bits per heavy atom. The molecule has 0 unspecified atom stereocenters. The Bertz CT molecular complexity index is 451. The number of nitrogens with zero attached hydrogens (tertiary/aromatic N) is 1. The van der Waals surface area contributed by atoms with Gasteiger partial charge in [-0.3, -0.25) is 4.79 Å². The quantitative estimate of drug-likeness (QED) is 0.785. The second-order valence-corrected chi connectivity index (χ2v) is 4.78. The Balaban J connectivity index is 2.32. The van der Waals surface area contributed by atoms with Gasteiger partial charge < -0.3 is 16.0 Å². The van der Waals surface area contributed by atoms with E-state index in [1.54, 1.807) is 0 Å². The van der Waals surface area contributed by atoms with Crippen LogP contribution in [0.4, 0.5) is 17.1 Å². The van der Waals surface area contributed by atoms with Crippen molar-refractivity contribution >= 4 is 23.0 Å². The first-order valence-corrected chi connectivity index (χ1v) is 6.62. The zero-order valence-corrected chi connectivity index (χ0v) is 11.1. The summed E-state index contributed by atoms with van der Waals surface area (Å²) in [7, 11) is 0. The van der Waals surface area contributed by atoms with E-state index in [9.17, 15) is 4.79 Å². The fourth-order valence-electron chi connectivity index (χ4n) is 2.45. The number of nitrogens with two attached hydrogens (primary N) is 1. The van der Waals surface area contributed by atoms with Crippen LogP contribution < -0.4 is 16.0 Å². The lowest BCUT2D eigenvalue weighted by atomic mass is 10.1. The van der Waals surface area contributed by atoms with Gasteiger partial charge in [-0.25, -0.2) is 0 Å². The molecule has 3 N–H and O–H groups in total. The summed E-state index contributed by atoms with van der Waals surface area (Å²) >= 11 is 0. The number of nitrogen functional groups attached to an aromatic ring is 1. The van der Waals surface area contributed by atoms with Crippen LogP contribution in [0.2, 0.25) is 0 Å². The summed E-state index contributed by atoms with van der Waals surface area (Å²) in [5.41, 5.74) is 9.86. The minimum absolute atomic E-state index is 0.0547. The Labute approximate surface area is 108 Å². The zero-order chi connectivity index (χ0) is 13.1. The smallest absolute Gasteiger partial charge is 0.228 e. The number of carbonyl (C=O) groups excluding carboxylic acids is 1. The van der Waals surface area contributed by atoms with Gasteiger partial charge in [0.25, 0.3) is 0 Å². The van der Waals surface area contributed by atoms with Gasteiger partial charge in [-0.05, 0) is 30.5 Å². The van der Waals surface area contributed by atoms with Crippen LogP contribution in [0.5, 0.6) is 0 Å². The molecule has 0 aliphatic carbocycles. The van der Waals surface area contributed by atoms with Crippen molar-refractivity contribution in [3.05, 3.63) is 17.7 Å². The number of carbonyl (C=O) groups is 1. The van der Waals surface area contributed by atoms with Crippen molar-refractivity contribution < 1.29 is 4.79 Å². The molecule has 2 rings (SSSR count). The number of hydrogen-bond donors (Lipinski definition) is 2. The maximum Gasteiger partial charge on any atom is 0.228 e. The second-order valence-electron chi connectivity index (χ2n) is 4.78. The molecular formula is C14H21N3O. The molecule has 0 bridgehead atoms. The second kappa shape index (κ2) is 5.29. The number of anilines is 3. The third-order valence-corrected chi connectivity index (χ3v) is 3.21. The van der Waals surface area contributed by atoms with Crippen LogP contribution in [-0.2, 0) is 11.2 Å². The largest absolute Gasteiger partial charge is 0.397 e. The SMILES string of the molecule is CCCN(CCC)c1cc2c(cc1N)CC(=O)N2. The average Bonchev–Trinajstić information content (AvgIpc) is 2.67. The molecule has 1 amide bonds. The molecule has 0 atom stereocenters. The Morgan fingerprint density at radius 3 is 2.56 bits per heavy atom. The molecule has 0 fully saturated rings. The summed E-state index contributed by atoms with van der Waals surface area (Å²) in [4.78, 5) is 13.7. The lowest BCUT2D eigenvalue weighted by molar-refractivity contribution is -0.115. The molecule has 1 heterocycles. The summed E-state index contributed by atoms with van der Waals surface area (Å²) in [6, 6.07) is 3.95. The molecule has 1 aliphatic heterocycles. The molecule has 0 saturated heterocycles. The zero-order valence-electron chi connectivity index (χ0n) is 11.1. The normalized spacial score (nSPS) is 13.3. The van der Waals surface area contributed by atoms with Gasteiger partial charge in [0.1, 0.15) is 0 Å². The highest BCUT2D eigenvalue weighted by atomic mass is 16.1. The first kappa shape index (κ1) is 12.7. The van der Waals surface area contributed by atoms with Gasteiger partial charge in [0.05, 0.1) is 17.8 Å². The van der Waals surface area contributed by atoms with Crippen molar-refractivity contribution in [2.45, 2.75) is 33.1 Å². The van der Waals surface area contributed by atoms with Crippen LogP contribution >= 0.6 is 0 Å². The van der Waals surface area contributed by atoms with Crippen LogP contribution in [0, 0.1) is 0 Å². The lowest BCUT2D eigenvalue weighted by Crippen LogP contribution is -2.25. The van der Waals surface area contributed by atoms with Crippen molar-refractivity contribution in [2.75, 3.05) is 29.0 Å². The van der Waals surface area contributed by atoms with Gasteiger partial charge >= 0.3 is 0 Å². The Morgan fingerprint density at radius 1 is 1.28 bits per heavy atom. The van der Waals surface area contributed by atoms with Crippen LogP contribution in [0.1, 0.15) is 32.3 Å². The average molecular weight is 247 g/mol. The predicted molar refractivity (Wildman–Crippen MR) is 76.0 cm³/mol. The molecule has 4 heteroatoms. The highest BCUT2D eigenvalue weighted by Crippen LogP contribution is 2.33. The molecule has 4 nitrogen and oxygen atoms in total. The maximum atomic E-state index is 11.4. The van der Waals surface area contributed by atoms with Gasteiger partial charge in [0.2, 0.25) is 5.91 Å². The van der Waals surface area contributed by atoms with Crippen molar-refractivity contribution in [1.82, 2.24) is 0 Å². The van der Waals surface area contributed by atoms with E-state index in [-0.39, 0.29) is 5.91 Å². The number of rotatable bonds is 5. The highest BCUT2D eigenvalue weighted by molar-refractivity contribution is 6.00. The molecule has 0 spiro atoms. The van der Waals surface area contributed by atoms with E-state index >= 15 is 0 Å². The van der Waals surface area contributed by atoms with E-state index in [0.717, 1.165) is 48.6 Å². The first-order valence-electron chi connectivity index (χ1n) is 6.62. The van der Waals surface area contributed by atoms with Crippen LogP contribution in [0.15, 0.2) is 12.1 Å². The van der Waals surface area contributed by atoms with E-state index in [1.165, 1.54) is 0 Å². The molecule has 0 aromatic heterocycles. The Hall–Kier alpha value is -1.71. The number of hydrogen-bond acceptors (Lipinski definition) is 3. The fourth-order valence-corrected chi connectivity index (χ4v) is 2.45. The van der Waals surface area contributed by atoms with E-state index in [4.69, 9.17) is 5.73 Å². The molecule has 0 radical (unpaired) electrons. The number of benzene rings is 1. The van der Waals surface area contributed by atoms with Crippen LogP contribution in [-0.4, -0.2) is 19.0 Å². The summed E-state index contributed by atoms with van der Waals surface area (Å²) < 4.78 is 0. The molecule has 18 heavy (non-hydrogen) atoms. The number of amides is 1. The Kier molecular flexibility index (Phi) is 3.75.